The fourth-order valence-electron chi connectivity index (χ4n) is 0.390. The molecule has 0 aromatic heterocycles. The van der Waals surface area contributed by atoms with Crippen molar-refractivity contribution in [2.24, 2.45) is 5.92 Å². The van der Waals surface area contributed by atoms with Crippen molar-refractivity contribution in [3.05, 3.63) is 0 Å². The van der Waals surface area contributed by atoms with Gasteiger partial charge < -0.3 is 6.15 Å². The lowest BCUT2D eigenvalue weighted by Crippen LogP contribution is -1.90. The van der Waals surface area contributed by atoms with Crippen LogP contribution < -0.4 is 6.15 Å². The molecule has 0 rings (SSSR count). The van der Waals surface area contributed by atoms with Crippen LogP contribution in [0, 0.1) is 5.92 Å². The van der Waals surface area contributed by atoms with Crippen LogP contribution in [-0.2, 0) is 0 Å². The van der Waals surface area contributed by atoms with Crippen molar-refractivity contribution in [1.82, 2.24) is 6.15 Å². The van der Waals surface area contributed by atoms with Gasteiger partial charge in [-0.05, 0) is 12.3 Å². The van der Waals surface area contributed by atoms with Crippen molar-refractivity contribution >= 4 is 24.0 Å². The quantitative estimate of drug-likeness (QED) is 0.655. The van der Waals surface area contributed by atoms with E-state index in [0.29, 0.717) is 0 Å². The molecule has 0 amide bonds. The first-order valence-electron chi connectivity index (χ1n) is 2.87. The Kier molecular flexibility index (Phi) is 20.5. The standard InChI is InChI=1S/C6H13Cl.ClH.H3N/c1-3-6(2)4-5-7;;/h6H,3-5H2,1-2H3;1H;1H3. The van der Waals surface area contributed by atoms with Gasteiger partial charge in [0, 0.05) is 5.88 Å². The molecule has 0 bridgehead atoms. The van der Waals surface area contributed by atoms with Gasteiger partial charge >= 0.3 is 0 Å². The molecule has 1 atom stereocenters. The van der Waals surface area contributed by atoms with Crippen molar-refractivity contribution in [1.29, 1.82) is 0 Å². The zero-order chi connectivity index (χ0) is 5.70. The predicted octanol–water partition coefficient (Wildman–Crippen LogP) is 3.25. The highest BCUT2D eigenvalue weighted by atomic mass is 35.5. The van der Waals surface area contributed by atoms with Crippen LogP contribution in [0.5, 0.6) is 0 Å². The third-order valence-electron chi connectivity index (χ3n) is 1.30. The van der Waals surface area contributed by atoms with Crippen LogP contribution in [0.3, 0.4) is 0 Å². The Hall–Kier alpha value is 0.540. The number of rotatable bonds is 3. The summed E-state index contributed by atoms with van der Waals surface area (Å²) >= 11 is 5.48. The number of hydrogen-bond acceptors (Lipinski definition) is 1. The van der Waals surface area contributed by atoms with E-state index in [1.54, 1.807) is 0 Å². The second-order valence-electron chi connectivity index (χ2n) is 1.99. The topological polar surface area (TPSA) is 35.0 Å². The molecular formula is C6H17Cl2N. The first kappa shape index (κ1) is 16.3. The Morgan fingerprint density at radius 1 is 1.44 bits per heavy atom. The van der Waals surface area contributed by atoms with E-state index in [1.807, 2.05) is 0 Å². The Morgan fingerprint density at radius 2 is 1.89 bits per heavy atom. The maximum atomic E-state index is 5.48. The van der Waals surface area contributed by atoms with Crippen LogP contribution in [0.4, 0.5) is 0 Å². The maximum Gasteiger partial charge on any atom is 0.0225 e. The SMILES string of the molecule is CCC(C)CCCl.Cl.N. The Labute approximate surface area is 69.2 Å². The summed E-state index contributed by atoms with van der Waals surface area (Å²) in [6.07, 6.45) is 2.42. The monoisotopic (exact) mass is 173 g/mol. The van der Waals surface area contributed by atoms with Gasteiger partial charge in [0.15, 0.2) is 0 Å². The van der Waals surface area contributed by atoms with Crippen LogP contribution in [0.1, 0.15) is 26.7 Å². The number of alkyl halides is 1. The molecule has 0 aliphatic heterocycles. The molecule has 3 heteroatoms. The molecule has 0 saturated heterocycles. The third-order valence-corrected chi connectivity index (χ3v) is 1.52. The fourth-order valence-corrected chi connectivity index (χ4v) is 0.763. The van der Waals surface area contributed by atoms with Gasteiger partial charge in [0.05, 0.1) is 0 Å². The van der Waals surface area contributed by atoms with E-state index in [1.165, 1.54) is 6.42 Å². The molecule has 0 fully saturated rings. The summed E-state index contributed by atoms with van der Waals surface area (Å²) in [5.74, 6) is 1.63. The predicted molar refractivity (Wildman–Crippen MR) is 47.1 cm³/mol. The van der Waals surface area contributed by atoms with Gasteiger partial charge in [0.25, 0.3) is 0 Å². The van der Waals surface area contributed by atoms with Crippen LogP contribution in [0.25, 0.3) is 0 Å². The van der Waals surface area contributed by atoms with Crippen molar-refractivity contribution < 1.29 is 0 Å². The van der Waals surface area contributed by atoms with Crippen LogP contribution in [0.2, 0.25) is 0 Å². The molecule has 0 heterocycles. The zero-order valence-electron chi connectivity index (χ0n) is 6.19. The van der Waals surface area contributed by atoms with Gasteiger partial charge in [-0.15, -0.1) is 24.0 Å². The normalized spacial score (nSPS) is 11.0. The summed E-state index contributed by atoms with van der Waals surface area (Å²) in [6, 6.07) is 0. The van der Waals surface area contributed by atoms with Gasteiger partial charge in [0.1, 0.15) is 0 Å². The van der Waals surface area contributed by atoms with E-state index in [0.717, 1.165) is 18.2 Å². The smallest absolute Gasteiger partial charge is 0.0225 e. The summed E-state index contributed by atoms with van der Waals surface area (Å²) in [5, 5.41) is 0. The summed E-state index contributed by atoms with van der Waals surface area (Å²) in [4.78, 5) is 0. The molecule has 0 aromatic rings. The van der Waals surface area contributed by atoms with Crippen molar-refractivity contribution in [3.63, 3.8) is 0 Å². The summed E-state index contributed by atoms with van der Waals surface area (Å²) in [6.45, 7) is 4.42. The van der Waals surface area contributed by atoms with Crippen LogP contribution in [0.15, 0.2) is 0 Å². The number of halogens is 2. The van der Waals surface area contributed by atoms with Crippen molar-refractivity contribution in [2.45, 2.75) is 26.7 Å². The minimum atomic E-state index is 0. The highest BCUT2D eigenvalue weighted by Crippen LogP contribution is 2.05. The van der Waals surface area contributed by atoms with Crippen molar-refractivity contribution in [2.75, 3.05) is 5.88 Å². The summed E-state index contributed by atoms with van der Waals surface area (Å²) in [5.41, 5.74) is 0. The van der Waals surface area contributed by atoms with Crippen LogP contribution >= 0.6 is 24.0 Å². The van der Waals surface area contributed by atoms with Gasteiger partial charge in [0.2, 0.25) is 0 Å². The van der Waals surface area contributed by atoms with E-state index in [-0.39, 0.29) is 18.6 Å². The molecule has 0 aliphatic rings. The molecule has 0 radical (unpaired) electrons. The largest absolute Gasteiger partial charge is 0.344 e. The van der Waals surface area contributed by atoms with Gasteiger partial charge in [-0.3, -0.25) is 0 Å². The fraction of sp³-hybridized carbons (Fsp3) is 1.00. The number of hydrogen-bond donors (Lipinski definition) is 1. The van der Waals surface area contributed by atoms with Crippen LogP contribution in [-0.4, -0.2) is 5.88 Å². The molecule has 9 heavy (non-hydrogen) atoms. The molecule has 3 N–H and O–H groups in total. The van der Waals surface area contributed by atoms with Gasteiger partial charge in [-0.2, -0.15) is 0 Å². The molecule has 0 aromatic carbocycles. The average Bonchev–Trinajstić information content (AvgIpc) is 1.68. The second kappa shape index (κ2) is 11.4. The summed E-state index contributed by atoms with van der Waals surface area (Å²) in [7, 11) is 0. The highest BCUT2D eigenvalue weighted by molar-refractivity contribution is 6.17. The van der Waals surface area contributed by atoms with E-state index in [2.05, 4.69) is 13.8 Å². The minimum Gasteiger partial charge on any atom is -0.344 e. The van der Waals surface area contributed by atoms with Gasteiger partial charge in [-0.25, -0.2) is 0 Å². The highest BCUT2D eigenvalue weighted by Gasteiger charge is 1.93. The first-order chi connectivity index (χ1) is 3.31. The Morgan fingerprint density at radius 3 is 2.00 bits per heavy atom. The third kappa shape index (κ3) is 11.9. The molecular weight excluding hydrogens is 157 g/mol. The Bertz CT molecular complexity index is 42.0. The molecule has 0 spiro atoms. The lowest BCUT2D eigenvalue weighted by Gasteiger charge is -2.01. The lowest BCUT2D eigenvalue weighted by molar-refractivity contribution is 0.547. The zero-order valence-corrected chi connectivity index (χ0v) is 7.76. The van der Waals surface area contributed by atoms with Gasteiger partial charge in [-0.1, -0.05) is 20.3 Å². The average molecular weight is 174 g/mol. The second-order valence-corrected chi connectivity index (χ2v) is 2.37. The molecule has 0 saturated carbocycles. The molecule has 60 valence electrons. The van der Waals surface area contributed by atoms with E-state index >= 15 is 0 Å². The minimum absolute atomic E-state index is 0. The maximum absolute atomic E-state index is 5.48. The van der Waals surface area contributed by atoms with E-state index < -0.39 is 0 Å². The Balaban J connectivity index is -0.000000180. The lowest BCUT2D eigenvalue weighted by atomic mass is 10.1. The molecule has 1 unspecified atom stereocenters. The molecule has 0 aliphatic carbocycles. The van der Waals surface area contributed by atoms with E-state index in [9.17, 15) is 0 Å². The molecule has 1 nitrogen and oxygen atoms in total. The van der Waals surface area contributed by atoms with Crippen molar-refractivity contribution in [3.8, 4) is 0 Å². The van der Waals surface area contributed by atoms with E-state index in [4.69, 9.17) is 11.6 Å². The summed E-state index contributed by atoms with van der Waals surface area (Å²) < 4.78 is 0. The first-order valence-corrected chi connectivity index (χ1v) is 3.40.